The van der Waals surface area contributed by atoms with Crippen LogP contribution in [0.3, 0.4) is 0 Å². The van der Waals surface area contributed by atoms with Crippen molar-refractivity contribution >= 4 is 28.8 Å². The molecule has 3 nitrogen and oxygen atoms in total. The Morgan fingerprint density at radius 1 is 1.38 bits per heavy atom. The molecule has 0 bridgehead atoms. The lowest BCUT2D eigenvalue weighted by Gasteiger charge is -1.86. The van der Waals surface area contributed by atoms with Crippen LogP contribution < -0.4 is 0 Å². The van der Waals surface area contributed by atoms with Gasteiger partial charge in [-0.05, 0) is 12.1 Å². The topological polar surface area (TPSA) is 39.4 Å². The van der Waals surface area contributed by atoms with Crippen molar-refractivity contribution < 1.29 is 13.5 Å². The molecule has 0 fully saturated rings. The molecule has 0 atom stereocenters. The number of benzene rings is 1. The monoisotopic (exact) mass is 196 g/mol. The third-order valence-electron chi connectivity index (χ3n) is 1.70. The van der Waals surface area contributed by atoms with Crippen molar-refractivity contribution in [2.75, 3.05) is 0 Å². The van der Waals surface area contributed by atoms with Gasteiger partial charge < -0.3 is 8.71 Å². The van der Waals surface area contributed by atoms with Crippen LogP contribution in [-0.2, 0) is 4.29 Å². The Morgan fingerprint density at radius 2 is 2.15 bits per heavy atom. The lowest BCUT2D eigenvalue weighted by atomic mass is 10.2. The number of halogens is 1. The van der Waals surface area contributed by atoms with Gasteiger partial charge in [0.05, 0.1) is 0 Å². The van der Waals surface area contributed by atoms with Crippen LogP contribution in [0.4, 0.5) is 0 Å². The van der Waals surface area contributed by atoms with Gasteiger partial charge in [0, 0.05) is 5.39 Å². The summed E-state index contributed by atoms with van der Waals surface area (Å²) in [4.78, 5) is 10.9. The highest BCUT2D eigenvalue weighted by Gasteiger charge is 2.12. The molecule has 0 aliphatic heterocycles. The number of para-hydroxylation sites is 1. The predicted molar refractivity (Wildman–Crippen MR) is 47.5 cm³/mol. The molecule has 0 radical (unpaired) electrons. The quantitative estimate of drug-likeness (QED) is 0.704. The van der Waals surface area contributed by atoms with Crippen LogP contribution in [0.2, 0.25) is 0 Å². The maximum Gasteiger partial charge on any atom is 0.392 e. The van der Waals surface area contributed by atoms with Crippen molar-refractivity contribution in [3.8, 4) is 0 Å². The summed E-state index contributed by atoms with van der Waals surface area (Å²) in [7, 11) is 0. The molecule has 1 heterocycles. The van der Waals surface area contributed by atoms with Gasteiger partial charge in [0.1, 0.15) is 17.4 Å². The van der Waals surface area contributed by atoms with Crippen LogP contribution in [0.25, 0.3) is 11.0 Å². The van der Waals surface area contributed by atoms with Gasteiger partial charge >= 0.3 is 5.97 Å². The van der Waals surface area contributed by atoms with Crippen molar-refractivity contribution in [2.45, 2.75) is 0 Å². The number of carbonyl (C=O) groups is 1. The normalized spacial score (nSPS) is 10.2. The second-order valence-electron chi connectivity index (χ2n) is 2.51. The minimum absolute atomic E-state index is 0.108. The second kappa shape index (κ2) is 3.11. The van der Waals surface area contributed by atoms with Crippen LogP contribution in [-0.4, -0.2) is 5.97 Å². The number of fused-ring (bicyclic) bond motifs is 1. The van der Waals surface area contributed by atoms with Gasteiger partial charge in [0.25, 0.3) is 0 Å². The Labute approximate surface area is 79.0 Å². The van der Waals surface area contributed by atoms with Gasteiger partial charge in [-0.2, -0.15) is 0 Å². The molecule has 0 saturated heterocycles. The van der Waals surface area contributed by atoms with Crippen molar-refractivity contribution in [1.29, 1.82) is 0 Å². The molecular weight excluding hydrogens is 192 g/mol. The van der Waals surface area contributed by atoms with Crippen molar-refractivity contribution in [1.82, 2.24) is 0 Å². The third-order valence-corrected chi connectivity index (χ3v) is 1.84. The molecule has 1 aromatic carbocycles. The van der Waals surface area contributed by atoms with E-state index >= 15 is 0 Å². The lowest BCUT2D eigenvalue weighted by Crippen LogP contribution is -1.93. The highest BCUT2D eigenvalue weighted by Crippen LogP contribution is 2.19. The molecule has 66 valence electrons. The number of hydrogen-bond acceptors (Lipinski definition) is 3. The lowest BCUT2D eigenvalue weighted by molar-refractivity contribution is 0.0720. The fourth-order valence-electron chi connectivity index (χ4n) is 1.12. The summed E-state index contributed by atoms with van der Waals surface area (Å²) >= 11 is 4.90. The summed E-state index contributed by atoms with van der Waals surface area (Å²) in [6.07, 6.45) is 0. The first kappa shape index (κ1) is 8.13. The first-order valence-corrected chi connectivity index (χ1v) is 3.93. The van der Waals surface area contributed by atoms with Crippen LogP contribution in [0, 0.1) is 0 Å². The van der Waals surface area contributed by atoms with Crippen molar-refractivity contribution in [3.63, 3.8) is 0 Å². The Hall–Kier alpha value is -1.48. The van der Waals surface area contributed by atoms with E-state index in [2.05, 4.69) is 4.29 Å². The molecule has 0 N–H and O–H groups in total. The first-order chi connectivity index (χ1) is 6.31. The number of rotatable bonds is 1. The van der Waals surface area contributed by atoms with Gasteiger partial charge in [-0.1, -0.05) is 18.2 Å². The van der Waals surface area contributed by atoms with Crippen molar-refractivity contribution in [3.05, 3.63) is 36.1 Å². The summed E-state index contributed by atoms with van der Waals surface area (Å²) in [5, 5.41) is 0.847. The van der Waals surface area contributed by atoms with Gasteiger partial charge in [-0.25, -0.2) is 4.79 Å². The molecule has 2 aromatic rings. The third kappa shape index (κ3) is 1.38. The molecule has 2 rings (SSSR count). The highest BCUT2D eigenvalue weighted by atomic mass is 35.5. The average Bonchev–Trinajstić information content (AvgIpc) is 2.59. The molecule has 0 amide bonds. The summed E-state index contributed by atoms with van der Waals surface area (Å²) in [5.41, 5.74) is 0.638. The van der Waals surface area contributed by atoms with Gasteiger partial charge in [0.2, 0.25) is 5.76 Å². The molecule has 13 heavy (non-hydrogen) atoms. The SMILES string of the molecule is O=C(OCl)c1cc2ccccc2o1. The summed E-state index contributed by atoms with van der Waals surface area (Å²) in [6, 6.07) is 8.86. The Kier molecular flexibility index (Phi) is 1.94. The zero-order chi connectivity index (χ0) is 9.26. The molecule has 4 heteroatoms. The van der Waals surface area contributed by atoms with Crippen LogP contribution in [0.1, 0.15) is 10.6 Å². The Bertz CT molecular complexity index is 414. The molecule has 0 saturated carbocycles. The van der Waals surface area contributed by atoms with Gasteiger partial charge in [-0.3, -0.25) is 0 Å². The van der Waals surface area contributed by atoms with Crippen LogP contribution in [0.5, 0.6) is 0 Å². The molecule has 0 unspecified atom stereocenters. The fourth-order valence-corrected chi connectivity index (χ4v) is 1.20. The zero-order valence-electron chi connectivity index (χ0n) is 6.49. The standard InChI is InChI=1S/C9H5ClO3/c10-13-9(11)8-5-6-3-1-2-4-7(6)12-8/h1-5H. The summed E-state index contributed by atoms with van der Waals surface area (Å²) < 4.78 is 9.17. The minimum Gasteiger partial charge on any atom is -0.449 e. The van der Waals surface area contributed by atoms with E-state index in [9.17, 15) is 4.79 Å². The number of hydrogen-bond donors (Lipinski definition) is 0. The molecule has 0 spiro atoms. The Balaban J connectivity index is 2.56. The van der Waals surface area contributed by atoms with E-state index in [-0.39, 0.29) is 5.76 Å². The number of carbonyl (C=O) groups excluding carboxylic acids is 1. The van der Waals surface area contributed by atoms with E-state index in [0.717, 1.165) is 5.39 Å². The van der Waals surface area contributed by atoms with Crippen molar-refractivity contribution in [2.24, 2.45) is 0 Å². The Morgan fingerprint density at radius 3 is 2.85 bits per heavy atom. The number of furan rings is 1. The van der Waals surface area contributed by atoms with E-state index in [1.165, 1.54) is 0 Å². The van der Waals surface area contributed by atoms with Gasteiger partial charge in [0.15, 0.2) is 0 Å². The van der Waals surface area contributed by atoms with E-state index in [0.29, 0.717) is 5.58 Å². The first-order valence-electron chi connectivity index (χ1n) is 3.63. The zero-order valence-corrected chi connectivity index (χ0v) is 7.25. The predicted octanol–water partition coefficient (Wildman–Crippen LogP) is 2.74. The maximum absolute atomic E-state index is 10.9. The largest absolute Gasteiger partial charge is 0.449 e. The van der Waals surface area contributed by atoms with E-state index in [4.69, 9.17) is 16.3 Å². The second-order valence-corrected chi connectivity index (χ2v) is 2.67. The van der Waals surface area contributed by atoms with E-state index in [1.807, 2.05) is 18.2 Å². The maximum atomic E-state index is 10.9. The molecule has 0 aliphatic carbocycles. The van der Waals surface area contributed by atoms with E-state index < -0.39 is 5.97 Å². The minimum atomic E-state index is -0.683. The highest BCUT2D eigenvalue weighted by molar-refractivity contribution is 6.15. The summed E-state index contributed by atoms with van der Waals surface area (Å²) in [5.74, 6) is -0.575. The van der Waals surface area contributed by atoms with Crippen LogP contribution >= 0.6 is 11.9 Å². The summed E-state index contributed by atoms with van der Waals surface area (Å²) in [6.45, 7) is 0. The average molecular weight is 197 g/mol. The van der Waals surface area contributed by atoms with E-state index in [1.54, 1.807) is 12.1 Å². The molecule has 0 aliphatic rings. The van der Waals surface area contributed by atoms with Crippen LogP contribution in [0.15, 0.2) is 34.7 Å². The smallest absolute Gasteiger partial charge is 0.392 e. The molecular formula is C9H5ClO3. The fraction of sp³-hybridized carbons (Fsp3) is 0. The van der Waals surface area contributed by atoms with Gasteiger partial charge in [-0.15, -0.1) is 0 Å². The molecule has 1 aromatic heterocycles.